The van der Waals surface area contributed by atoms with Crippen molar-refractivity contribution in [2.45, 2.75) is 13.3 Å². The number of rotatable bonds is 4. The Bertz CT molecular complexity index is 807. The first-order chi connectivity index (χ1) is 10.5. The van der Waals surface area contributed by atoms with Crippen molar-refractivity contribution >= 4 is 37.4 Å². The van der Waals surface area contributed by atoms with Crippen molar-refractivity contribution < 1.29 is 17.4 Å². The number of anilines is 2. The van der Waals surface area contributed by atoms with Gasteiger partial charge in [0, 0.05) is 4.47 Å². The molecule has 7 heteroatoms. The van der Waals surface area contributed by atoms with Crippen LogP contribution >= 0.6 is 15.9 Å². The second kappa shape index (κ2) is 5.91. The van der Waals surface area contributed by atoms with Crippen molar-refractivity contribution in [1.29, 1.82) is 0 Å². The van der Waals surface area contributed by atoms with E-state index in [2.05, 4.69) is 15.9 Å². The summed E-state index contributed by atoms with van der Waals surface area (Å²) < 4.78 is 36.1. The summed E-state index contributed by atoms with van der Waals surface area (Å²) in [6, 6.07) is 12.5. The molecule has 0 amide bonds. The maximum absolute atomic E-state index is 12.1. The Morgan fingerprint density at radius 1 is 1.14 bits per heavy atom. The van der Waals surface area contributed by atoms with Gasteiger partial charge < -0.3 is 4.74 Å². The molecule has 0 fully saturated rings. The van der Waals surface area contributed by atoms with Crippen LogP contribution in [-0.4, -0.2) is 14.2 Å². The number of para-hydroxylation sites is 3. The Morgan fingerprint density at radius 2 is 1.86 bits per heavy atom. The van der Waals surface area contributed by atoms with Crippen molar-refractivity contribution in [3.8, 4) is 11.5 Å². The van der Waals surface area contributed by atoms with E-state index in [-0.39, 0.29) is 5.75 Å². The molecule has 2 aromatic carbocycles. The first-order valence-corrected chi connectivity index (χ1v) is 9.16. The van der Waals surface area contributed by atoms with Crippen molar-refractivity contribution in [1.82, 2.24) is 0 Å². The van der Waals surface area contributed by atoms with Crippen LogP contribution in [0.4, 0.5) is 11.4 Å². The summed E-state index contributed by atoms with van der Waals surface area (Å²) in [6.45, 7) is 1.79. The Morgan fingerprint density at radius 3 is 2.64 bits per heavy atom. The van der Waals surface area contributed by atoms with Crippen LogP contribution in [0.5, 0.6) is 11.5 Å². The molecule has 22 heavy (non-hydrogen) atoms. The fourth-order valence-electron chi connectivity index (χ4n) is 2.20. The number of benzene rings is 2. The number of hydrogen-bond acceptors (Lipinski definition) is 5. The highest BCUT2D eigenvalue weighted by molar-refractivity contribution is 9.10. The van der Waals surface area contributed by atoms with Crippen LogP contribution in [0.3, 0.4) is 0 Å². The molecule has 0 aromatic heterocycles. The van der Waals surface area contributed by atoms with Crippen molar-refractivity contribution in [2.75, 3.05) is 10.8 Å². The van der Waals surface area contributed by atoms with Crippen LogP contribution in [0.25, 0.3) is 0 Å². The average Bonchev–Trinajstić information content (AvgIpc) is 2.46. The first kappa shape index (κ1) is 15.3. The van der Waals surface area contributed by atoms with E-state index >= 15 is 0 Å². The van der Waals surface area contributed by atoms with Crippen LogP contribution in [-0.2, 0) is 14.4 Å². The van der Waals surface area contributed by atoms with E-state index in [1.165, 1.54) is 5.06 Å². The van der Waals surface area contributed by atoms with Gasteiger partial charge in [-0.05, 0) is 46.6 Å². The van der Waals surface area contributed by atoms with Gasteiger partial charge in [0.05, 0.1) is 5.75 Å². The molecule has 0 bridgehead atoms. The fraction of sp³-hybridized carbons (Fsp3) is 0.200. The molecule has 1 aliphatic rings. The summed E-state index contributed by atoms with van der Waals surface area (Å²) in [5, 5.41) is 1.31. The topological polar surface area (TPSA) is 55.8 Å². The van der Waals surface area contributed by atoms with Gasteiger partial charge in [0.1, 0.15) is 11.4 Å². The quantitative estimate of drug-likeness (QED) is 0.784. The highest BCUT2D eigenvalue weighted by Crippen LogP contribution is 2.49. The molecule has 116 valence electrons. The Kier molecular flexibility index (Phi) is 4.12. The zero-order valence-corrected chi connectivity index (χ0v) is 14.2. The van der Waals surface area contributed by atoms with Crippen LogP contribution in [0.15, 0.2) is 46.9 Å². The lowest BCUT2D eigenvalue weighted by molar-refractivity contribution is 0.307. The van der Waals surface area contributed by atoms with Crippen molar-refractivity contribution in [2.24, 2.45) is 0 Å². The lowest BCUT2D eigenvalue weighted by Crippen LogP contribution is -2.27. The molecule has 2 aromatic rings. The molecular formula is C15H14BrNO4S. The largest absolute Gasteiger partial charge is 0.453 e. The predicted octanol–water partition coefficient (Wildman–Crippen LogP) is 4.36. The molecule has 0 unspecified atom stereocenters. The molecule has 0 spiro atoms. The van der Waals surface area contributed by atoms with Gasteiger partial charge in [-0.2, -0.15) is 13.5 Å². The predicted molar refractivity (Wildman–Crippen MR) is 88.0 cm³/mol. The summed E-state index contributed by atoms with van der Waals surface area (Å²) >= 11 is 3.42. The minimum Gasteiger partial charge on any atom is -0.453 e. The van der Waals surface area contributed by atoms with Gasteiger partial charge >= 0.3 is 0 Å². The second-order valence-corrected chi connectivity index (χ2v) is 7.31. The first-order valence-electron chi connectivity index (χ1n) is 6.79. The SMILES string of the molecule is CCCS(=O)(=O)ON1c2ccccc2Oc2cccc(Br)c21. The average molecular weight is 384 g/mol. The third kappa shape index (κ3) is 2.84. The van der Waals surface area contributed by atoms with Gasteiger partial charge in [-0.25, -0.2) is 0 Å². The molecule has 0 saturated heterocycles. The van der Waals surface area contributed by atoms with E-state index in [4.69, 9.17) is 9.02 Å². The number of hydrogen-bond donors (Lipinski definition) is 0. The van der Waals surface area contributed by atoms with Gasteiger partial charge in [-0.3, -0.25) is 0 Å². The summed E-state index contributed by atoms with van der Waals surface area (Å²) in [5.74, 6) is 1.02. The Balaban J connectivity index is 2.12. The molecule has 3 rings (SSSR count). The van der Waals surface area contributed by atoms with E-state index in [0.29, 0.717) is 33.8 Å². The third-order valence-corrected chi connectivity index (χ3v) is 5.02. The van der Waals surface area contributed by atoms with Crippen LogP contribution in [0.2, 0.25) is 0 Å². The maximum Gasteiger partial charge on any atom is 0.288 e. The zero-order valence-electron chi connectivity index (χ0n) is 11.8. The summed E-state index contributed by atoms with van der Waals surface area (Å²) in [4.78, 5) is 0. The highest BCUT2D eigenvalue weighted by atomic mass is 79.9. The minimum absolute atomic E-state index is 0.0493. The van der Waals surface area contributed by atoms with Crippen LogP contribution < -0.4 is 9.80 Å². The minimum atomic E-state index is -3.68. The fourth-order valence-corrected chi connectivity index (χ4v) is 3.67. The molecule has 1 aliphatic heterocycles. The summed E-state index contributed by atoms with van der Waals surface area (Å²) in [6.07, 6.45) is 0.483. The standard InChI is InChI=1S/C15H14BrNO4S/c1-2-10-22(18,19)21-17-12-7-3-4-8-13(12)20-14-9-5-6-11(16)15(14)17/h3-9H,2,10H2,1H3. The van der Waals surface area contributed by atoms with Gasteiger partial charge in [-0.1, -0.05) is 25.1 Å². The number of nitrogens with zero attached hydrogens (tertiary/aromatic N) is 1. The molecule has 5 nitrogen and oxygen atoms in total. The summed E-state index contributed by atoms with van der Waals surface area (Å²) in [5.41, 5.74) is 1.07. The van der Waals surface area contributed by atoms with E-state index in [0.717, 1.165) is 0 Å². The van der Waals surface area contributed by atoms with Crippen LogP contribution in [0.1, 0.15) is 13.3 Å². The lowest BCUT2D eigenvalue weighted by atomic mass is 10.2. The zero-order chi connectivity index (χ0) is 15.7. The van der Waals surface area contributed by atoms with Crippen molar-refractivity contribution in [3.63, 3.8) is 0 Å². The van der Waals surface area contributed by atoms with Gasteiger partial charge in [0.2, 0.25) is 0 Å². The van der Waals surface area contributed by atoms with Gasteiger partial charge in [-0.15, -0.1) is 4.28 Å². The lowest BCUT2D eigenvalue weighted by Gasteiger charge is -2.31. The summed E-state index contributed by atoms with van der Waals surface area (Å²) in [7, 11) is -3.68. The molecular weight excluding hydrogens is 370 g/mol. The third-order valence-electron chi connectivity index (χ3n) is 3.10. The molecule has 0 aliphatic carbocycles. The van der Waals surface area contributed by atoms with E-state index < -0.39 is 10.1 Å². The maximum atomic E-state index is 12.1. The Hall–Kier alpha value is -1.57. The van der Waals surface area contributed by atoms with Crippen LogP contribution in [0, 0.1) is 0 Å². The normalized spacial score (nSPS) is 13.3. The van der Waals surface area contributed by atoms with Gasteiger partial charge in [0.15, 0.2) is 11.5 Å². The number of fused-ring (bicyclic) bond motifs is 2. The highest BCUT2D eigenvalue weighted by Gasteiger charge is 2.30. The van der Waals surface area contributed by atoms with E-state index in [1.54, 1.807) is 37.3 Å². The van der Waals surface area contributed by atoms with E-state index in [9.17, 15) is 8.42 Å². The molecule has 1 heterocycles. The molecule has 0 N–H and O–H groups in total. The Labute approximate surface area is 137 Å². The van der Waals surface area contributed by atoms with E-state index in [1.807, 2.05) is 12.1 Å². The van der Waals surface area contributed by atoms with Crippen molar-refractivity contribution in [3.05, 3.63) is 46.9 Å². The monoisotopic (exact) mass is 383 g/mol. The second-order valence-electron chi connectivity index (χ2n) is 4.79. The molecule has 0 saturated carbocycles. The molecule has 0 atom stereocenters. The number of halogens is 1. The number of ether oxygens (including phenoxy) is 1. The van der Waals surface area contributed by atoms with Gasteiger partial charge in [0.25, 0.3) is 10.1 Å². The smallest absolute Gasteiger partial charge is 0.288 e. The molecule has 0 radical (unpaired) electrons.